The number of para-hydroxylation sites is 1. The van der Waals surface area contributed by atoms with Gasteiger partial charge in [-0.05, 0) is 43.2 Å². The highest BCUT2D eigenvalue weighted by Gasteiger charge is 2.19. The van der Waals surface area contributed by atoms with Gasteiger partial charge in [0, 0.05) is 30.0 Å². The van der Waals surface area contributed by atoms with Crippen molar-refractivity contribution in [2.75, 3.05) is 30.3 Å². The number of nitrogens with one attached hydrogen (secondary N) is 2. The number of likely N-dealkylation sites (tertiary alicyclic amines) is 1. The van der Waals surface area contributed by atoms with E-state index in [9.17, 15) is 14.4 Å². The molecule has 2 aromatic rings. The molecule has 0 atom stereocenters. The van der Waals surface area contributed by atoms with Gasteiger partial charge in [-0.15, -0.1) is 0 Å². The molecule has 0 saturated carbocycles. The van der Waals surface area contributed by atoms with E-state index in [0.29, 0.717) is 22.5 Å². The fourth-order valence-electron chi connectivity index (χ4n) is 3.07. The Morgan fingerprint density at radius 1 is 1.00 bits per heavy atom. The van der Waals surface area contributed by atoms with Crippen LogP contribution in [0.1, 0.15) is 33.6 Å². The third-order valence-electron chi connectivity index (χ3n) is 4.42. The number of primary amides is 1. The highest BCUT2D eigenvalue weighted by Crippen LogP contribution is 2.17. The first-order valence-electron chi connectivity index (χ1n) is 8.86. The predicted octanol–water partition coefficient (Wildman–Crippen LogP) is 2.07. The zero-order valence-electron chi connectivity index (χ0n) is 14.9. The van der Waals surface area contributed by atoms with Gasteiger partial charge in [-0.3, -0.25) is 14.4 Å². The van der Waals surface area contributed by atoms with E-state index in [0.717, 1.165) is 25.9 Å². The number of anilines is 2. The summed E-state index contributed by atoms with van der Waals surface area (Å²) < 4.78 is 0. The average Bonchev–Trinajstić information content (AvgIpc) is 3.21. The second kappa shape index (κ2) is 8.35. The summed E-state index contributed by atoms with van der Waals surface area (Å²) >= 11 is 0. The van der Waals surface area contributed by atoms with Gasteiger partial charge >= 0.3 is 0 Å². The van der Waals surface area contributed by atoms with Gasteiger partial charge in [-0.25, -0.2) is 0 Å². The zero-order chi connectivity index (χ0) is 19.2. The fraction of sp³-hybridized carbons (Fsp3) is 0.250. The van der Waals surface area contributed by atoms with Gasteiger partial charge in [0.2, 0.25) is 5.91 Å². The van der Waals surface area contributed by atoms with Gasteiger partial charge in [0.1, 0.15) is 0 Å². The van der Waals surface area contributed by atoms with Crippen molar-refractivity contribution >= 4 is 29.1 Å². The van der Waals surface area contributed by atoms with Crippen molar-refractivity contribution in [3.63, 3.8) is 0 Å². The maximum absolute atomic E-state index is 12.5. The molecule has 1 aliphatic heterocycles. The maximum atomic E-state index is 12.5. The Labute approximate surface area is 157 Å². The molecule has 0 radical (unpaired) electrons. The number of carbonyl (C=O) groups is 3. The Morgan fingerprint density at radius 3 is 2.48 bits per heavy atom. The van der Waals surface area contributed by atoms with E-state index in [1.807, 2.05) is 4.90 Å². The number of nitrogens with two attached hydrogens (primary N) is 1. The van der Waals surface area contributed by atoms with Gasteiger partial charge in [-0.1, -0.05) is 18.2 Å². The van der Waals surface area contributed by atoms with Crippen LogP contribution in [0.5, 0.6) is 0 Å². The summed E-state index contributed by atoms with van der Waals surface area (Å²) in [5.74, 6) is -0.871. The van der Waals surface area contributed by atoms with Crippen molar-refractivity contribution < 1.29 is 14.4 Å². The largest absolute Gasteiger partial charge is 0.376 e. The van der Waals surface area contributed by atoms with Crippen molar-refractivity contribution in [3.05, 3.63) is 59.7 Å². The van der Waals surface area contributed by atoms with Crippen LogP contribution >= 0.6 is 0 Å². The predicted molar refractivity (Wildman–Crippen MR) is 104 cm³/mol. The Kier molecular flexibility index (Phi) is 5.71. The number of benzene rings is 2. The second-order valence-electron chi connectivity index (χ2n) is 6.39. The lowest BCUT2D eigenvalue weighted by atomic mass is 10.1. The van der Waals surface area contributed by atoms with Crippen LogP contribution in [0.25, 0.3) is 0 Å². The summed E-state index contributed by atoms with van der Waals surface area (Å²) in [6.45, 7) is 1.52. The second-order valence-corrected chi connectivity index (χ2v) is 6.39. The molecule has 2 aromatic carbocycles. The van der Waals surface area contributed by atoms with Crippen LogP contribution in [0, 0.1) is 0 Å². The topological polar surface area (TPSA) is 105 Å². The average molecular weight is 366 g/mol. The van der Waals surface area contributed by atoms with E-state index in [-0.39, 0.29) is 18.4 Å². The molecule has 0 unspecified atom stereocenters. The summed E-state index contributed by atoms with van der Waals surface area (Å²) in [5, 5.41) is 5.67. The van der Waals surface area contributed by atoms with Gasteiger partial charge < -0.3 is 21.3 Å². The third-order valence-corrected chi connectivity index (χ3v) is 4.42. The standard InChI is InChI=1S/C20H22N4O3/c21-19(26)16-8-1-2-9-17(16)22-13-18(25)23-15-7-5-6-14(12-15)20(27)24-10-3-4-11-24/h1-2,5-9,12,22H,3-4,10-11,13H2,(H2,21,26)(H,23,25). The van der Waals surface area contributed by atoms with Gasteiger partial charge in [-0.2, -0.15) is 0 Å². The molecular formula is C20H22N4O3. The lowest BCUT2D eigenvalue weighted by molar-refractivity contribution is -0.114. The molecule has 140 valence electrons. The number of nitrogens with zero attached hydrogens (tertiary/aromatic N) is 1. The molecule has 0 spiro atoms. The fourth-order valence-corrected chi connectivity index (χ4v) is 3.07. The molecule has 1 aliphatic rings. The number of rotatable bonds is 6. The van der Waals surface area contributed by atoms with Crippen LogP contribution < -0.4 is 16.4 Å². The van der Waals surface area contributed by atoms with Crippen molar-refractivity contribution in [2.24, 2.45) is 5.73 Å². The quantitative estimate of drug-likeness (QED) is 0.728. The minimum Gasteiger partial charge on any atom is -0.376 e. The molecule has 4 N–H and O–H groups in total. The Balaban J connectivity index is 1.60. The minimum absolute atomic E-state index is 0.0166. The lowest BCUT2D eigenvalue weighted by Gasteiger charge is -2.16. The molecule has 1 saturated heterocycles. The van der Waals surface area contributed by atoms with Crippen molar-refractivity contribution in [1.29, 1.82) is 0 Å². The number of carbonyl (C=O) groups excluding carboxylic acids is 3. The Bertz CT molecular complexity index is 860. The van der Waals surface area contributed by atoms with Crippen molar-refractivity contribution in [3.8, 4) is 0 Å². The zero-order valence-corrected chi connectivity index (χ0v) is 14.9. The first kappa shape index (κ1) is 18.4. The minimum atomic E-state index is -0.563. The molecule has 3 amide bonds. The van der Waals surface area contributed by atoms with Crippen molar-refractivity contribution in [1.82, 2.24) is 4.90 Å². The molecule has 0 bridgehead atoms. The summed E-state index contributed by atoms with van der Waals surface area (Å²) in [4.78, 5) is 37.9. The SMILES string of the molecule is NC(=O)c1ccccc1NCC(=O)Nc1cccc(C(=O)N2CCCC2)c1. The molecule has 27 heavy (non-hydrogen) atoms. The molecule has 1 heterocycles. The summed E-state index contributed by atoms with van der Waals surface area (Å²) in [5.41, 5.74) is 7.25. The highest BCUT2D eigenvalue weighted by molar-refractivity contribution is 6.00. The van der Waals surface area contributed by atoms with E-state index >= 15 is 0 Å². The summed E-state index contributed by atoms with van der Waals surface area (Å²) in [7, 11) is 0. The summed E-state index contributed by atoms with van der Waals surface area (Å²) in [6.07, 6.45) is 2.06. The molecule has 3 rings (SSSR count). The van der Waals surface area contributed by atoms with Crippen LogP contribution in [-0.2, 0) is 4.79 Å². The molecule has 7 nitrogen and oxygen atoms in total. The summed E-state index contributed by atoms with van der Waals surface area (Å²) in [6, 6.07) is 13.6. The van der Waals surface area contributed by atoms with Gasteiger partial charge in [0.25, 0.3) is 11.8 Å². The Morgan fingerprint density at radius 2 is 1.74 bits per heavy atom. The number of hydrogen-bond acceptors (Lipinski definition) is 4. The van der Waals surface area contributed by atoms with E-state index in [1.54, 1.807) is 48.5 Å². The first-order valence-corrected chi connectivity index (χ1v) is 8.86. The van der Waals surface area contributed by atoms with Crippen LogP contribution in [0.3, 0.4) is 0 Å². The molecule has 7 heteroatoms. The number of hydrogen-bond donors (Lipinski definition) is 3. The van der Waals surface area contributed by atoms with Crippen molar-refractivity contribution in [2.45, 2.75) is 12.8 Å². The van der Waals surface area contributed by atoms with E-state index < -0.39 is 5.91 Å². The van der Waals surface area contributed by atoms with Crippen LogP contribution in [0.15, 0.2) is 48.5 Å². The Hall–Kier alpha value is -3.35. The molecular weight excluding hydrogens is 344 g/mol. The van der Waals surface area contributed by atoms with Gasteiger partial charge in [0.15, 0.2) is 0 Å². The van der Waals surface area contributed by atoms with Crippen LogP contribution in [0.2, 0.25) is 0 Å². The molecule has 0 aromatic heterocycles. The van der Waals surface area contributed by atoms with Crippen LogP contribution in [0.4, 0.5) is 11.4 Å². The first-order chi connectivity index (χ1) is 13.0. The monoisotopic (exact) mass is 366 g/mol. The van der Waals surface area contributed by atoms with E-state index in [1.165, 1.54) is 0 Å². The highest BCUT2D eigenvalue weighted by atomic mass is 16.2. The maximum Gasteiger partial charge on any atom is 0.253 e. The third kappa shape index (κ3) is 4.63. The molecule has 0 aliphatic carbocycles. The number of amides is 3. The van der Waals surface area contributed by atoms with E-state index in [4.69, 9.17) is 5.73 Å². The molecule has 1 fully saturated rings. The smallest absolute Gasteiger partial charge is 0.253 e. The van der Waals surface area contributed by atoms with Crippen LogP contribution in [-0.4, -0.2) is 42.3 Å². The van der Waals surface area contributed by atoms with E-state index in [2.05, 4.69) is 10.6 Å². The van der Waals surface area contributed by atoms with Gasteiger partial charge in [0.05, 0.1) is 12.1 Å². The normalized spacial score (nSPS) is 13.3. The lowest BCUT2D eigenvalue weighted by Crippen LogP contribution is -2.28.